The lowest BCUT2D eigenvalue weighted by molar-refractivity contribution is 0.102. The zero-order valence-corrected chi connectivity index (χ0v) is 19.0. The van der Waals surface area contributed by atoms with Gasteiger partial charge in [0.05, 0.1) is 11.4 Å². The Morgan fingerprint density at radius 2 is 1.77 bits per heavy atom. The highest BCUT2D eigenvalue weighted by Gasteiger charge is 2.27. The van der Waals surface area contributed by atoms with Crippen molar-refractivity contribution in [3.63, 3.8) is 0 Å². The fourth-order valence-electron chi connectivity index (χ4n) is 4.06. The van der Waals surface area contributed by atoms with Gasteiger partial charge in [0.2, 0.25) is 0 Å². The average Bonchev–Trinajstić information content (AvgIpc) is 3.28. The summed E-state index contributed by atoms with van der Waals surface area (Å²) in [5.74, 6) is -0.0260. The van der Waals surface area contributed by atoms with Crippen LogP contribution < -0.4 is 10.6 Å². The Bertz CT molecular complexity index is 1350. The van der Waals surface area contributed by atoms with E-state index in [1.54, 1.807) is 36.7 Å². The molecule has 5 rings (SSSR count). The topological polar surface area (TPSA) is 109 Å². The van der Waals surface area contributed by atoms with Gasteiger partial charge >= 0.3 is 6.03 Å². The van der Waals surface area contributed by atoms with Crippen LogP contribution in [0.3, 0.4) is 0 Å². The first kappa shape index (κ1) is 22.3. The highest BCUT2D eigenvalue weighted by atomic mass is 16.3. The van der Waals surface area contributed by atoms with Gasteiger partial charge in [0, 0.05) is 41.7 Å². The second kappa shape index (κ2) is 9.80. The number of pyridine rings is 1. The molecule has 8 heteroatoms. The maximum atomic E-state index is 13.0. The Morgan fingerprint density at radius 3 is 2.49 bits per heavy atom. The van der Waals surface area contributed by atoms with Gasteiger partial charge in [0.15, 0.2) is 0 Å². The second-order valence-electron chi connectivity index (χ2n) is 8.56. The number of anilines is 1. The fraction of sp³-hybridized carbons (Fsp3) is 0.185. The minimum Gasteiger partial charge on any atom is -0.507 e. The lowest BCUT2D eigenvalue weighted by Gasteiger charge is -2.25. The van der Waals surface area contributed by atoms with E-state index in [9.17, 15) is 14.7 Å². The molecule has 0 aliphatic heterocycles. The Labute approximate surface area is 202 Å². The summed E-state index contributed by atoms with van der Waals surface area (Å²) in [6.45, 7) is 0.390. The summed E-state index contributed by atoms with van der Waals surface area (Å²) < 4.78 is 1.41. The number of phenolic OH excluding ortho intramolecular Hbond substituents is 1. The van der Waals surface area contributed by atoms with Crippen LogP contribution in [0.1, 0.15) is 46.8 Å². The van der Waals surface area contributed by atoms with Crippen LogP contribution in [-0.2, 0) is 6.54 Å². The van der Waals surface area contributed by atoms with Crippen LogP contribution in [0.15, 0.2) is 79.1 Å². The van der Waals surface area contributed by atoms with E-state index >= 15 is 0 Å². The fourth-order valence-corrected chi connectivity index (χ4v) is 4.06. The molecule has 35 heavy (non-hydrogen) atoms. The number of nitrogens with zero attached hydrogens (tertiary/aromatic N) is 3. The molecule has 0 spiro atoms. The van der Waals surface area contributed by atoms with Crippen molar-refractivity contribution in [1.82, 2.24) is 20.1 Å². The predicted molar refractivity (Wildman–Crippen MR) is 132 cm³/mol. The zero-order chi connectivity index (χ0) is 24.2. The Kier molecular flexibility index (Phi) is 6.26. The van der Waals surface area contributed by atoms with Gasteiger partial charge < -0.3 is 15.7 Å². The van der Waals surface area contributed by atoms with Gasteiger partial charge in [-0.25, -0.2) is 4.79 Å². The van der Waals surface area contributed by atoms with Crippen molar-refractivity contribution >= 4 is 17.6 Å². The maximum absolute atomic E-state index is 13.0. The normalized spacial score (nSPS) is 13.1. The Hall–Kier alpha value is -4.46. The van der Waals surface area contributed by atoms with Crippen molar-refractivity contribution in [2.24, 2.45) is 0 Å². The molecule has 0 saturated heterocycles. The lowest BCUT2D eigenvalue weighted by Crippen LogP contribution is -2.31. The third-order valence-electron chi connectivity index (χ3n) is 6.21. The molecule has 2 aromatic heterocycles. The van der Waals surface area contributed by atoms with E-state index in [-0.39, 0.29) is 23.6 Å². The molecule has 0 bridgehead atoms. The number of benzene rings is 2. The third-order valence-corrected chi connectivity index (χ3v) is 6.21. The van der Waals surface area contributed by atoms with Crippen molar-refractivity contribution in [3.8, 4) is 17.0 Å². The number of hydrogen-bond donors (Lipinski definition) is 3. The highest BCUT2D eigenvalue weighted by Crippen LogP contribution is 2.39. The van der Waals surface area contributed by atoms with E-state index in [2.05, 4.69) is 20.7 Å². The molecule has 0 unspecified atom stereocenters. The van der Waals surface area contributed by atoms with Gasteiger partial charge in [-0.05, 0) is 54.8 Å². The number of rotatable bonds is 6. The van der Waals surface area contributed by atoms with Crippen LogP contribution in [0.2, 0.25) is 0 Å². The number of aromatic hydroxyl groups is 1. The third kappa shape index (κ3) is 4.91. The molecular formula is C27H25N5O3. The molecule has 3 N–H and O–H groups in total. The smallest absolute Gasteiger partial charge is 0.342 e. The molecule has 0 radical (unpaired) electrons. The summed E-state index contributed by atoms with van der Waals surface area (Å²) in [6.07, 6.45) is 6.19. The molecule has 1 aliphatic carbocycles. The van der Waals surface area contributed by atoms with Crippen LogP contribution in [0.5, 0.6) is 5.75 Å². The molecule has 2 aromatic carbocycles. The van der Waals surface area contributed by atoms with E-state index in [1.165, 1.54) is 10.7 Å². The van der Waals surface area contributed by atoms with Crippen molar-refractivity contribution in [2.75, 3.05) is 5.32 Å². The highest BCUT2D eigenvalue weighted by molar-refractivity contribution is 6.04. The molecule has 0 atom stereocenters. The number of nitrogens with one attached hydrogen (secondary N) is 2. The summed E-state index contributed by atoms with van der Waals surface area (Å²) >= 11 is 0. The SMILES string of the molecule is O=C(Nc1ccc(O)c(-c2cc(C3CCC3)n(C(=O)NCc3ccccc3)n2)c1)c1ccncc1. The van der Waals surface area contributed by atoms with Crippen LogP contribution in [0.4, 0.5) is 10.5 Å². The van der Waals surface area contributed by atoms with Gasteiger partial charge in [-0.3, -0.25) is 9.78 Å². The van der Waals surface area contributed by atoms with E-state index in [4.69, 9.17) is 0 Å². The standard InChI is InChI=1S/C27H25N5O3/c33-25-10-9-21(30-26(34)20-11-13-28-14-12-20)15-22(25)23-16-24(19-7-4-8-19)32(31-23)27(35)29-17-18-5-2-1-3-6-18/h1-3,5-6,9-16,19,33H,4,7-8,17H2,(H,29,35)(H,30,34). The first-order chi connectivity index (χ1) is 17.1. The second-order valence-corrected chi connectivity index (χ2v) is 8.56. The molecule has 1 saturated carbocycles. The number of amides is 2. The first-order valence-corrected chi connectivity index (χ1v) is 11.6. The molecule has 2 heterocycles. The predicted octanol–water partition coefficient (Wildman–Crippen LogP) is 4.93. The van der Waals surface area contributed by atoms with Gasteiger partial charge in [0.1, 0.15) is 5.75 Å². The Balaban J connectivity index is 1.41. The van der Waals surface area contributed by atoms with Gasteiger partial charge in [0.25, 0.3) is 5.91 Å². The number of hydrogen-bond acceptors (Lipinski definition) is 5. The van der Waals surface area contributed by atoms with Crippen LogP contribution in [0.25, 0.3) is 11.3 Å². The monoisotopic (exact) mass is 467 g/mol. The number of carbonyl (C=O) groups excluding carboxylic acids is 2. The van der Waals surface area contributed by atoms with Gasteiger partial charge in [-0.1, -0.05) is 36.8 Å². The van der Waals surface area contributed by atoms with Crippen molar-refractivity contribution in [3.05, 3.63) is 95.9 Å². The molecule has 1 fully saturated rings. The van der Waals surface area contributed by atoms with Crippen LogP contribution >= 0.6 is 0 Å². The molecule has 176 valence electrons. The summed E-state index contributed by atoms with van der Waals surface area (Å²) in [6, 6.07) is 19.3. The molecular weight excluding hydrogens is 442 g/mol. The average molecular weight is 468 g/mol. The molecule has 4 aromatic rings. The molecule has 2 amide bonds. The van der Waals surface area contributed by atoms with E-state index < -0.39 is 0 Å². The van der Waals surface area contributed by atoms with E-state index in [0.29, 0.717) is 29.1 Å². The quantitative estimate of drug-likeness (QED) is 0.349. The minimum absolute atomic E-state index is 0.0152. The summed E-state index contributed by atoms with van der Waals surface area (Å²) in [4.78, 5) is 29.5. The Morgan fingerprint density at radius 1 is 1.00 bits per heavy atom. The largest absolute Gasteiger partial charge is 0.507 e. The zero-order valence-electron chi connectivity index (χ0n) is 19.0. The number of aromatic nitrogens is 3. The lowest BCUT2D eigenvalue weighted by atomic mass is 9.82. The summed E-state index contributed by atoms with van der Waals surface area (Å²) in [7, 11) is 0. The van der Waals surface area contributed by atoms with E-state index in [0.717, 1.165) is 30.5 Å². The molecule has 1 aliphatic rings. The number of phenols is 1. The first-order valence-electron chi connectivity index (χ1n) is 11.6. The number of carbonyl (C=O) groups is 2. The maximum Gasteiger partial charge on any atom is 0.342 e. The van der Waals surface area contributed by atoms with E-state index in [1.807, 2.05) is 36.4 Å². The van der Waals surface area contributed by atoms with Crippen LogP contribution in [0, 0.1) is 0 Å². The minimum atomic E-state index is -0.316. The van der Waals surface area contributed by atoms with Crippen LogP contribution in [-0.4, -0.2) is 31.8 Å². The molecule has 8 nitrogen and oxygen atoms in total. The summed E-state index contributed by atoms with van der Waals surface area (Å²) in [5, 5.41) is 20.9. The van der Waals surface area contributed by atoms with Crippen molar-refractivity contribution < 1.29 is 14.7 Å². The summed E-state index contributed by atoms with van der Waals surface area (Å²) in [5.41, 5.74) is 3.71. The van der Waals surface area contributed by atoms with Crippen molar-refractivity contribution in [2.45, 2.75) is 31.7 Å². The van der Waals surface area contributed by atoms with Gasteiger partial charge in [-0.15, -0.1) is 0 Å². The van der Waals surface area contributed by atoms with Gasteiger partial charge in [-0.2, -0.15) is 9.78 Å². The van der Waals surface area contributed by atoms with Crippen molar-refractivity contribution in [1.29, 1.82) is 0 Å².